The van der Waals surface area contributed by atoms with Crippen molar-refractivity contribution < 1.29 is 23.1 Å². The van der Waals surface area contributed by atoms with E-state index in [0.29, 0.717) is 11.3 Å². The Morgan fingerprint density at radius 1 is 0.970 bits per heavy atom. The lowest BCUT2D eigenvalue weighted by atomic mass is 10.0. The maximum atomic E-state index is 13.0. The molecule has 7 heteroatoms. The fraction of sp³-hybridized carbons (Fsp3) is 0.269. The summed E-state index contributed by atoms with van der Waals surface area (Å²) in [6.07, 6.45) is -4.40. The Morgan fingerprint density at radius 2 is 1.58 bits per heavy atom. The average molecular weight is 454 g/mol. The summed E-state index contributed by atoms with van der Waals surface area (Å²) in [6.45, 7) is 5.65. The van der Waals surface area contributed by atoms with Crippen LogP contribution in [-0.2, 0) is 6.18 Å². The number of benzene rings is 3. The van der Waals surface area contributed by atoms with E-state index in [4.69, 9.17) is 0 Å². The highest BCUT2D eigenvalue weighted by molar-refractivity contribution is 6.11. The number of fused-ring (bicyclic) bond motifs is 3. The van der Waals surface area contributed by atoms with E-state index in [-0.39, 0.29) is 24.5 Å². The maximum Gasteiger partial charge on any atom is 0.416 e. The Labute approximate surface area is 189 Å². The van der Waals surface area contributed by atoms with Crippen LogP contribution in [0.5, 0.6) is 0 Å². The van der Waals surface area contributed by atoms with E-state index in [1.165, 1.54) is 12.1 Å². The molecule has 1 amide bonds. The summed E-state index contributed by atoms with van der Waals surface area (Å²) in [4.78, 5) is 12.8. The van der Waals surface area contributed by atoms with Gasteiger partial charge < -0.3 is 15.0 Å². The van der Waals surface area contributed by atoms with Gasteiger partial charge in [-0.05, 0) is 67.4 Å². The van der Waals surface area contributed by atoms with E-state index in [0.717, 1.165) is 39.5 Å². The lowest BCUT2D eigenvalue weighted by Gasteiger charge is -2.20. The summed E-state index contributed by atoms with van der Waals surface area (Å²) >= 11 is 0. The van der Waals surface area contributed by atoms with E-state index >= 15 is 0 Å². The van der Waals surface area contributed by atoms with Crippen molar-refractivity contribution in [2.24, 2.45) is 5.92 Å². The molecule has 33 heavy (non-hydrogen) atoms. The van der Waals surface area contributed by atoms with Crippen molar-refractivity contribution in [3.63, 3.8) is 0 Å². The number of hydrogen-bond acceptors (Lipinski definition) is 2. The standard InChI is InChI=1S/C26H25F3N2O2/c1-15(2)22(14-32)30-25(33)17-5-11-24-21(13-17)20-12-16(3)4-10-23(20)31(24)19-8-6-18(7-9-19)26(27,28)29/h4-13,15,22,32H,14H2,1-3H3,(H,30,33). The third-order valence-corrected chi connectivity index (χ3v) is 5.95. The van der Waals surface area contributed by atoms with E-state index < -0.39 is 11.7 Å². The Balaban J connectivity index is 1.86. The van der Waals surface area contributed by atoms with Crippen LogP contribution in [0, 0.1) is 12.8 Å². The van der Waals surface area contributed by atoms with Crippen molar-refractivity contribution in [3.05, 3.63) is 77.4 Å². The number of nitrogens with zero attached hydrogens (tertiary/aromatic N) is 1. The molecule has 1 aromatic heterocycles. The number of aromatic nitrogens is 1. The number of halogens is 3. The molecule has 2 N–H and O–H groups in total. The first-order valence-corrected chi connectivity index (χ1v) is 10.7. The topological polar surface area (TPSA) is 54.3 Å². The normalized spacial score (nSPS) is 13.1. The molecule has 0 saturated heterocycles. The van der Waals surface area contributed by atoms with Gasteiger partial charge in [0, 0.05) is 22.0 Å². The predicted molar refractivity (Wildman–Crippen MR) is 124 cm³/mol. The molecule has 172 valence electrons. The summed E-state index contributed by atoms with van der Waals surface area (Å²) in [5.41, 5.74) is 3.01. The highest BCUT2D eigenvalue weighted by atomic mass is 19.4. The SMILES string of the molecule is Cc1ccc2c(c1)c1cc(C(=O)NC(CO)C(C)C)ccc1n2-c1ccc(C(F)(F)F)cc1. The molecule has 1 atom stereocenters. The number of alkyl halides is 3. The van der Waals surface area contributed by atoms with Gasteiger partial charge in [0.2, 0.25) is 0 Å². The van der Waals surface area contributed by atoms with Gasteiger partial charge in [0.15, 0.2) is 0 Å². The molecule has 0 aliphatic heterocycles. The van der Waals surface area contributed by atoms with Crippen LogP contribution in [0.1, 0.15) is 35.3 Å². The number of carbonyl (C=O) groups is 1. The van der Waals surface area contributed by atoms with Gasteiger partial charge in [0.05, 0.1) is 29.2 Å². The first kappa shape index (κ1) is 22.9. The molecule has 0 spiro atoms. The second-order valence-corrected chi connectivity index (χ2v) is 8.64. The predicted octanol–water partition coefficient (Wildman–Crippen LogP) is 5.86. The van der Waals surface area contributed by atoms with Gasteiger partial charge in [-0.25, -0.2) is 0 Å². The number of aliphatic hydroxyl groups excluding tert-OH is 1. The van der Waals surface area contributed by atoms with Gasteiger partial charge in [-0.1, -0.05) is 25.5 Å². The number of carbonyl (C=O) groups excluding carboxylic acids is 1. The minimum atomic E-state index is -4.40. The molecule has 0 aliphatic rings. The van der Waals surface area contributed by atoms with Gasteiger partial charge >= 0.3 is 6.18 Å². The largest absolute Gasteiger partial charge is 0.416 e. The van der Waals surface area contributed by atoms with E-state index in [1.54, 1.807) is 18.2 Å². The Morgan fingerprint density at radius 3 is 2.15 bits per heavy atom. The molecule has 0 bridgehead atoms. The van der Waals surface area contributed by atoms with Crippen molar-refractivity contribution in [1.82, 2.24) is 9.88 Å². The lowest BCUT2D eigenvalue weighted by molar-refractivity contribution is -0.137. The fourth-order valence-electron chi connectivity index (χ4n) is 4.03. The highest BCUT2D eigenvalue weighted by Crippen LogP contribution is 2.35. The van der Waals surface area contributed by atoms with E-state index in [9.17, 15) is 23.1 Å². The monoisotopic (exact) mass is 454 g/mol. The van der Waals surface area contributed by atoms with Crippen LogP contribution in [0.25, 0.3) is 27.5 Å². The highest BCUT2D eigenvalue weighted by Gasteiger charge is 2.30. The number of aliphatic hydroxyl groups is 1. The van der Waals surface area contributed by atoms with Crippen LogP contribution < -0.4 is 5.32 Å². The average Bonchev–Trinajstić information content (AvgIpc) is 3.09. The third kappa shape index (κ3) is 4.33. The Bertz CT molecular complexity index is 1320. The fourth-order valence-corrected chi connectivity index (χ4v) is 4.03. The second kappa shape index (κ2) is 8.56. The number of rotatable bonds is 5. The molecule has 4 aromatic rings. The molecule has 0 aliphatic carbocycles. The van der Waals surface area contributed by atoms with Gasteiger partial charge in [-0.2, -0.15) is 13.2 Å². The first-order valence-electron chi connectivity index (χ1n) is 10.7. The Hall–Kier alpha value is -3.32. The summed E-state index contributed by atoms with van der Waals surface area (Å²) in [5, 5.41) is 14.1. The molecular formula is C26H25F3N2O2. The van der Waals surface area contributed by atoms with Crippen molar-refractivity contribution in [2.45, 2.75) is 33.0 Å². The van der Waals surface area contributed by atoms with Crippen LogP contribution in [0.4, 0.5) is 13.2 Å². The second-order valence-electron chi connectivity index (χ2n) is 8.64. The van der Waals surface area contributed by atoms with Crippen molar-refractivity contribution in [1.29, 1.82) is 0 Å². The molecule has 1 unspecified atom stereocenters. The summed E-state index contributed by atoms with van der Waals surface area (Å²) in [6, 6.07) is 15.9. The molecular weight excluding hydrogens is 429 g/mol. The van der Waals surface area contributed by atoms with Gasteiger partial charge in [0.1, 0.15) is 0 Å². The maximum absolute atomic E-state index is 13.0. The number of amides is 1. The minimum Gasteiger partial charge on any atom is -0.394 e. The zero-order valence-corrected chi connectivity index (χ0v) is 18.6. The summed E-state index contributed by atoms with van der Waals surface area (Å²) < 4.78 is 41.0. The molecule has 1 heterocycles. The molecule has 4 rings (SSSR count). The van der Waals surface area contributed by atoms with Crippen LogP contribution in [0.3, 0.4) is 0 Å². The van der Waals surface area contributed by atoms with E-state index in [2.05, 4.69) is 5.32 Å². The van der Waals surface area contributed by atoms with Gasteiger partial charge in [0.25, 0.3) is 5.91 Å². The quantitative estimate of drug-likeness (QED) is 0.397. The van der Waals surface area contributed by atoms with Crippen molar-refractivity contribution in [3.8, 4) is 5.69 Å². The smallest absolute Gasteiger partial charge is 0.394 e. The van der Waals surface area contributed by atoms with Gasteiger partial charge in [-0.15, -0.1) is 0 Å². The van der Waals surface area contributed by atoms with Crippen molar-refractivity contribution in [2.75, 3.05) is 6.61 Å². The molecule has 3 aromatic carbocycles. The first-order chi connectivity index (χ1) is 15.6. The lowest BCUT2D eigenvalue weighted by Crippen LogP contribution is -2.41. The molecule has 4 nitrogen and oxygen atoms in total. The number of nitrogens with one attached hydrogen (secondary N) is 1. The van der Waals surface area contributed by atoms with Gasteiger partial charge in [-0.3, -0.25) is 4.79 Å². The van der Waals surface area contributed by atoms with Crippen molar-refractivity contribution >= 4 is 27.7 Å². The minimum absolute atomic E-state index is 0.0758. The van der Waals surface area contributed by atoms with Crippen LogP contribution >= 0.6 is 0 Å². The number of aryl methyl sites for hydroxylation is 1. The zero-order valence-electron chi connectivity index (χ0n) is 18.6. The summed E-state index contributed by atoms with van der Waals surface area (Å²) in [5.74, 6) is -0.209. The molecule has 0 fully saturated rings. The third-order valence-electron chi connectivity index (χ3n) is 5.95. The molecule has 0 radical (unpaired) electrons. The van der Waals surface area contributed by atoms with E-state index in [1.807, 2.05) is 43.5 Å². The molecule has 0 saturated carbocycles. The Kier molecular flexibility index (Phi) is 5.93. The van der Waals surface area contributed by atoms with Crippen LogP contribution in [0.2, 0.25) is 0 Å². The zero-order chi connectivity index (χ0) is 23.9. The van der Waals surface area contributed by atoms with Crippen LogP contribution in [-0.4, -0.2) is 28.2 Å². The van der Waals surface area contributed by atoms with Crippen LogP contribution in [0.15, 0.2) is 60.7 Å². The summed E-state index contributed by atoms with van der Waals surface area (Å²) in [7, 11) is 0. The number of hydrogen-bond donors (Lipinski definition) is 2.